The largest absolute Gasteiger partial charge is 0.338 e. The molecular formula is C9H15NO2. The maximum atomic E-state index is 11.3. The lowest BCUT2D eigenvalue weighted by Crippen LogP contribution is -2.42. The number of ketones is 1. The van der Waals surface area contributed by atoms with Gasteiger partial charge in [0, 0.05) is 19.4 Å². The second-order valence-electron chi connectivity index (χ2n) is 3.41. The van der Waals surface area contributed by atoms with Crippen molar-refractivity contribution in [2.24, 2.45) is 5.92 Å². The van der Waals surface area contributed by atoms with Crippen molar-refractivity contribution in [1.82, 2.24) is 4.90 Å². The van der Waals surface area contributed by atoms with Crippen molar-refractivity contribution in [2.45, 2.75) is 26.2 Å². The van der Waals surface area contributed by atoms with Gasteiger partial charge in [-0.25, -0.2) is 0 Å². The summed E-state index contributed by atoms with van der Waals surface area (Å²) in [5.41, 5.74) is 0. The van der Waals surface area contributed by atoms with Gasteiger partial charge in [0.15, 0.2) is 5.78 Å². The Morgan fingerprint density at radius 1 is 1.50 bits per heavy atom. The molecule has 1 atom stereocenters. The van der Waals surface area contributed by atoms with Gasteiger partial charge in [0.05, 0.1) is 6.54 Å². The van der Waals surface area contributed by atoms with Gasteiger partial charge >= 0.3 is 0 Å². The first-order valence-corrected chi connectivity index (χ1v) is 4.41. The Labute approximate surface area is 72.7 Å². The average Bonchev–Trinajstić information content (AvgIpc) is 2.01. The van der Waals surface area contributed by atoms with E-state index in [1.807, 2.05) is 6.92 Å². The maximum absolute atomic E-state index is 11.3. The van der Waals surface area contributed by atoms with Crippen molar-refractivity contribution in [3.05, 3.63) is 0 Å². The molecule has 1 aliphatic heterocycles. The number of nitrogens with zero attached hydrogens (tertiary/aromatic N) is 1. The van der Waals surface area contributed by atoms with E-state index < -0.39 is 0 Å². The Hall–Kier alpha value is -0.860. The smallest absolute Gasteiger partial charge is 0.223 e. The van der Waals surface area contributed by atoms with Gasteiger partial charge in [-0.1, -0.05) is 13.3 Å². The first-order chi connectivity index (χ1) is 5.65. The van der Waals surface area contributed by atoms with Gasteiger partial charge in [-0.05, 0) is 6.42 Å². The maximum Gasteiger partial charge on any atom is 0.223 e. The average molecular weight is 169 g/mol. The van der Waals surface area contributed by atoms with Crippen LogP contribution >= 0.6 is 0 Å². The van der Waals surface area contributed by atoms with Crippen LogP contribution in [0, 0.1) is 5.92 Å². The van der Waals surface area contributed by atoms with Crippen molar-refractivity contribution in [2.75, 3.05) is 13.6 Å². The number of likely N-dealkylation sites (N-methyl/N-ethyl adjacent to an activating group) is 1. The Morgan fingerprint density at radius 3 is 2.75 bits per heavy atom. The van der Waals surface area contributed by atoms with Crippen molar-refractivity contribution in [3.63, 3.8) is 0 Å². The van der Waals surface area contributed by atoms with Crippen LogP contribution < -0.4 is 0 Å². The molecule has 1 rings (SSSR count). The van der Waals surface area contributed by atoms with Crippen molar-refractivity contribution >= 4 is 11.7 Å². The number of amides is 1. The highest BCUT2D eigenvalue weighted by atomic mass is 16.2. The van der Waals surface area contributed by atoms with E-state index in [9.17, 15) is 9.59 Å². The summed E-state index contributed by atoms with van der Waals surface area (Å²) in [4.78, 5) is 24.1. The quantitative estimate of drug-likeness (QED) is 0.614. The third-order valence-corrected chi connectivity index (χ3v) is 2.33. The Bertz CT molecular complexity index is 201. The third kappa shape index (κ3) is 1.84. The lowest BCUT2D eigenvalue weighted by molar-refractivity contribution is -0.142. The number of likely N-dealkylation sites (tertiary alicyclic amines) is 1. The summed E-state index contributed by atoms with van der Waals surface area (Å²) in [6.07, 6.45) is 2.26. The summed E-state index contributed by atoms with van der Waals surface area (Å²) in [5.74, 6) is 0.325. The molecule has 0 radical (unpaired) electrons. The van der Waals surface area contributed by atoms with Crippen LogP contribution in [0.2, 0.25) is 0 Å². The van der Waals surface area contributed by atoms with E-state index in [1.54, 1.807) is 7.05 Å². The fourth-order valence-corrected chi connectivity index (χ4v) is 1.54. The molecule has 0 aromatic heterocycles. The molecule has 0 aliphatic carbocycles. The number of carbonyl (C=O) groups excluding carboxylic acids is 2. The summed E-state index contributed by atoms with van der Waals surface area (Å²) in [7, 11) is 1.68. The van der Waals surface area contributed by atoms with Crippen LogP contribution in [-0.2, 0) is 9.59 Å². The minimum absolute atomic E-state index is 0.00120. The zero-order valence-electron chi connectivity index (χ0n) is 7.67. The Kier molecular flexibility index (Phi) is 2.84. The molecule has 12 heavy (non-hydrogen) atoms. The van der Waals surface area contributed by atoms with Crippen LogP contribution in [0.5, 0.6) is 0 Å². The monoisotopic (exact) mass is 169 g/mol. The molecule has 0 saturated carbocycles. The lowest BCUT2D eigenvalue weighted by atomic mass is 9.91. The van der Waals surface area contributed by atoms with E-state index in [-0.39, 0.29) is 17.6 Å². The van der Waals surface area contributed by atoms with Gasteiger partial charge in [-0.3, -0.25) is 9.59 Å². The van der Waals surface area contributed by atoms with Gasteiger partial charge in [0.25, 0.3) is 0 Å². The molecule has 68 valence electrons. The van der Waals surface area contributed by atoms with Gasteiger partial charge in [0.2, 0.25) is 5.91 Å². The molecule has 0 spiro atoms. The number of piperidine rings is 1. The number of carbonyl (C=O) groups is 2. The highest BCUT2D eigenvalue weighted by molar-refractivity contribution is 5.94. The molecule has 1 aliphatic rings. The molecule has 1 amide bonds. The zero-order valence-corrected chi connectivity index (χ0v) is 7.67. The molecule has 0 bridgehead atoms. The van der Waals surface area contributed by atoms with Gasteiger partial charge < -0.3 is 4.90 Å². The zero-order chi connectivity index (χ0) is 9.14. The number of hydrogen-bond acceptors (Lipinski definition) is 2. The predicted octanol–water partition coefficient (Wildman–Crippen LogP) is 0.834. The Balaban J connectivity index is 2.55. The minimum Gasteiger partial charge on any atom is -0.338 e. The molecule has 1 heterocycles. The summed E-state index contributed by atoms with van der Waals surface area (Å²) >= 11 is 0. The third-order valence-electron chi connectivity index (χ3n) is 2.33. The number of hydrogen-bond donors (Lipinski definition) is 0. The highest BCUT2D eigenvalue weighted by Crippen LogP contribution is 2.18. The van der Waals surface area contributed by atoms with Crippen LogP contribution in [0.25, 0.3) is 0 Å². The first kappa shape index (κ1) is 9.23. The van der Waals surface area contributed by atoms with Crippen molar-refractivity contribution in [3.8, 4) is 0 Å². The summed E-state index contributed by atoms with van der Waals surface area (Å²) in [6.45, 7) is 2.35. The molecule has 1 saturated heterocycles. The number of Topliss-reactive ketones (excluding diaryl/α,β-unsaturated/α-hetero) is 1. The summed E-state index contributed by atoms with van der Waals surface area (Å²) in [5, 5.41) is 0. The normalized spacial score (nSPS) is 24.8. The number of rotatable bonds is 2. The molecule has 1 fully saturated rings. The lowest BCUT2D eigenvalue weighted by Gasteiger charge is -2.27. The van der Waals surface area contributed by atoms with E-state index in [4.69, 9.17) is 0 Å². The van der Waals surface area contributed by atoms with Crippen molar-refractivity contribution in [1.29, 1.82) is 0 Å². The fraction of sp³-hybridized carbons (Fsp3) is 0.778. The molecule has 0 N–H and O–H groups in total. The molecular weight excluding hydrogens is 154 g/mol. The van der Waals surface area contributed by atoms with Crippen LogP contribution in [-0.4, -0.2) is 30.2 Å². The van der Waals surface area contributed by atoms with Crippen LogP contribution in [0.4, 0.5) is 0 Å². The minimum atomic E-state index is -0.00120. The van der Waals surface area contributed by atoms with Gasteiger partial charge in [-0.2, -0.15) is 0 Å². The summed E-state index contributed by atoms with van der Waals surface area (Å²) < 4.78 is 0. The van der Waals surface area contributed by atoms with E-state index in [0.29, 0.717) is 13.0 Å². The van der Waals surface area contributed by atoms with E-state index in [2.05, 4.69) is 0 Å². The standard InChI is InChI=1S/C9H15NO2/c1-3-4-7-5-9(12)10(2)6-8(7)11/h7H,3-6H2,1-2H3. The second kappa shape index (κ2) is 3.70. The van der Waals surface area contributed by atoms with E-state index >= 15 is 0 Å². The molecule has 0 aromatic rings. The first-order valence-electron chi connectivity index (χ1n) is 4.41. The molecule has 1 unspecified atom stereocenters. The second-order valence-corrected chi connectivity index (χ2v) is 3.41. The van der Waals surface area contributed by atoms with Crippen LogP contribution in [0.15, 0.2) is 0 Å². The molecule has 3 nitrogen and oxygen atoms in total. The highest BCUT2D eigenvalue weighted by Gasteiger charge is 2.29. The van der Waals surface area contributed by atoms with Gasteiger partial charge in [-0.15, -0.1) is 0 Å². The van der Waals surface area contributed by atoms with Crippen LogP contribution in [0.3, 0.4) is 0 Å². The van der Waals surface area contributed by atoms with Crippen molar-refractivity contribution < 1.29 is 9.59 Å². The summed E-state index contributed by atoms with van der Waals surface area (Å²) in [6, 6.07) is 0. The predicted molar refractivity (Wildman–Crippen MR) is 45.7 cm³/mol. The Morgan fingerprint density at radius 2 is 2.17 bits per heavy atom. The van der Waals surface area contributed by atoms with E-state index in [0.717, 1.165) is 12.8 Å². The molecule has 3 heteroatoms. The van der Waals surface area contributed by atoms with Gasteiger partial charge in [0.1, 0.15) is 0 Å². The van der Waals surface area contributed by atoms with E-state index in [1.165, 1.54) is 4.90 Å². The topological polar surface area (TPSA) is 37.4 Å². The van der Waals surface area contributed by atoms with Crippen LogP contribution in [0.1, 0.15) is 26.2 Å². The fourth-order valence-electron chi connectivity index (χ4n) is 1.54. The SMILES string of the molecule is CCCC1CC(=O)N(C)CC1=O. The molecule has 0 aromatic carbocycles.